The molecule has 0 amide bonds. The van der Waals surface area contributed by atoms with Gasteiger partial charge in [-0.1, -0.05) is 20.3 Å². The van der Waals surface area contributed by atoms with E-state index in [1.807, 2.05) is 20.8 Å². The molecule has 2 unspecified atom stereocenters. The average Bonchev–Trinajstić information content (AvgIpc) is 2.68. The zero-order valence-electron chi connectivity index (χ0n) is 11.8. The Kier molecular flexibility index (Phi) is 2.00. The van der Waals surface area contributed by atoms with E-state index >= 15 is 0 Å². The van der Waals surface area contributed by atoms with Crippen molar-refractivity contribution in [2.24, 2.45) is 16.2 Å². The third kappa shape index (κ3) is 0.967. The predicted molar refractivity (Wildman–Crippen MR) is 68.0 cm³/mol. The topological polar surface area (TPSA) is 57.5 Å². The molecule has 3 aliphatic carbocycles. The van der Waals surface area contributed by atoms with E-state index in [0.29, 0.717) is 12.8 Å². The molecule has 0 aromatic rings. The maximum Gasteiger partial charge on any atom is 0.170 e. The summed E-state index contributed by atoms with van der Waals surface area (Å²) in [4.78, 5) is 12.6. The minimum atomic E-state index is -1.28. The number of rotatable bonds is 0. The maximum atomic E-state index is 12.6. The average molecular weight is 252 g/mol. The number of aliphatic hydroxyl groups is 2. The van der Waals surface area contributed by atoms with Crippen LogP contribution >= 0.6 is 0 Å². The van der Waals surface area contributed by atoms with Crippen LogP contribution < -0.4 is 0 Å². The highest BCUT2D eigenvalue weighted by molar-refractivity contribution is 5.97. The molecule has 0 aromatic heterocycles. The van der Waals surface area contributed by atoms with E-state index in [0.717, 1.165) is 19.3 Å². The highest BCUT2D eigenvalue weighted by Crippen LogP contribution is 2.79. The summed E-state index contributed by atoms with van der Waals surface area (Å²) in [6.07, 6.45) is 4.09. The van der Waals surface area contributed by atoms with Gasteiger partial charge < -0.3 is 10.2 Å². The van der Waals surface area contributed by atoms with Crippen molar-refractivity contribution in [1.29, 1.82) is 0 Å². The van der Waals surface area contributed by atoms with Gasteiger partial charge in [-0.15, -0.1) is 0 Å². The van der Waals surface area contributed by atoms with Crippen molar-refractivity contribution >= 4 is 5.78 Å². The highest BCUT2D eigenvalue weighted by Gasteiger charge is 2.82. The van der Waals surface area contributed by atoms with E-state index in [2.05, 4.69) is 0 Å². The Bertz CT molecular complexity index is 399. The Morgan fingerprint density at radius 1 is 0.944 bits per heavy atom. The molecule has 0 aliphatic heterocycles. The Morgan fingerprint density at radius 3 is 2.00 bits per heavy atom. The first-order valence-corrected chi connectivity index (χ1v) is 7.02. The van der Waals surface area contributed by atoms with Gasteiger partial charge in [0.15, 0.2) is 5.78 Å². The standard InChI is InChI=1S/C15H24O3/c1-11(2)10(16)13(4,18)15-7-5-6-14(11,15)8-12(3,17)9-15/h17-18H,5-9H2,1-4H3/t12-,13+,14?,15?/m1/s1. The molecule has 0 bridgehead atoms. The summed E-state index contributed by atoms with van der Waals surface area (Å²) in [5.74, 6) is -0.0230. The third-order valence-electron chi connectivity index (χ3n) is 6.63. The molecule has 0 saturated heterocycles. The number of Topliss-reactive ketones (excluding diaryl/α,β-unsaturated/α-hetero) is 1. The van der Waals surface area contributed by atoms with Crippen LogP contribution in [0.15, 0.2) is 0 Å². The summed E-state index contributed by atoms with van der Waals surface area (Å²) in [6, 6.07) is 0. The van der Waals surface area contributed by atoms with Gasteiger partial charge in [0, 0.05) is 10.8 Å². The molecule has 18 heavy (non-hydrogen) atoms. The van der Waals surface area contributed by atoms with E-state index in [1.165, 1.54) is 0 Å². The maximum absolute atomic E-state index is 12.6. The van der Waals surface area contributed by atoms with Gasteiger partial charge in [-0.3, -0.25) is 4.79 Å². The molecule has 2 N–H and O–H groups in total. The molecule has 0 heterocycles. The van der Waals surface area contributed by atoms with Crippen molar-refractivity contribution in [1.82, 2.24) is 0 Å². The first-order valence-electron chi connectivity index (χ1n) is 7.02. The second-order valence-electron chi connectivity index (χ2n) is 7.89. The van der Waals surface area contributed by atoms with Gasteiger partial charge in [0.05, 0.1) is 5.60 Å². The van der Waals surface area contributed by atoms with Crippen LogP contribution in [0, 0.1) is 16.2 Å². The van der Waals surface area contributed by atoms with Crippen molar-refractivity contribution in [3.05, 3.63) is 0 Å². The zero-order valence-corrected chi connectivity index (χ0v) is 11.8. The Labute approximate surface area is 109 Å². The molecular weight excluding hydrogens is 228 g/mol. The lowest BCUT2D eigenvalue weighted by atomic mass is 9.59. The summed E-state index contributed by atoms with van der Waals surface area (Å²) in [6.45, 7) is 7.48. The van der Waals surface area contributed by atoms with Crippen LogP contribution in [0.3, 0.4) is 0 Å². The van der Waals surface area contributed by atoms with Gasteiger partial charge >= 0.3 is 0 Å². The summed E-state index contributed by atoms with van der Waals surface area (Å²) in [7, 11) is 0. The molecule has 102 valence electrons. The van der Waals surface area contributed by atoms with Crippen molar-refractivity contribution in [2.45, 2.75) is 71.0 Å². The van der Waals surface area contributed by atoms with Gasteiger partial charge in [-0.2, -0.15) is 0 Å². The van der Waals surface area contributed by atoms with Gasteiger partial charge in [0.2, 0.25) is 0 Å². The fourth-order valence-corrected chi connectivity index (χ4v) is 6.10. The highest BCUT2D eigenvalue weighted by atomic mass is 16.3. The number of hydrogen-bond donors (Lipinski definition) is 2. The molecule has 0 radical (unpaired) electrons. The fourth-order valence-electron chi connectivity index (χ4n) is 6.10. The second-order valence-corrected chi connectivity index (χ2v) is 7.89. The second kappa shape index (κ2) is 2.85. The molecule has 3 fully saturated rings. The summed E-state index contributed by atoms with van der Waals surface area (Å²) in [5, 5.41) is 21.4. The van der Waals surface area contributed by atoms with E-state index in [9.17, 15) is 15.0 Å². The predicted octanol–water partition coefficient (Wildman–Crippen LogP) is 2.05. The van der Waals surface area contributed by atoms with Gasteiger partial charge in [0.25, 0.3) is 0 Å². The molecule has 3 aliphatic rings. The molecular formula is C15H24O3. The number of carbonyl (C=O) groups is 1. The van der Waals surface area contributed by atoms with Crippen LogP contribution in [0.4, 0.5) is 0 Å². The molecule has 4 atom stereocenters. The molecule has 0 aromatic carbocycles. The van der Waals surface area contributed by atoms with Crippen LogP contribution in [-0.4, -0.2) is 27.2 Å². The molecule has 3 saturated carbocycles. The van der Waals surface area contributed by atoms with Gasteiger partial charge in [-0.05, 0) is 44.9 Å². The third-order valence-corrected chi connectivity index (χ3v) is 6.63. The lowest BCUT2D eigenvalue weighted by Crippen LogP contribution is -2.48. The van der Waals surface area contributed by atoms with Crippen molar-refractivity contribution < 1.29 is 15.0 Å². The monoisotopic (exact) mass is 252 g/mol. The first-order chi connectivity index (χ1) is 8.03. The summed E-state index contributed by atoms with van der Waals surface area (Å²) in [5.41, 5.74) is -3.20. The van der Waals surface area contributed by atoms with Crippen LogP contribution in [0.2, 0.25) is 0 Å². The normalized spacial score (nSPS) is 57.8. The lowest BCUT2D eigenvalue weighted by molar-refractivity contribution is -0.147. The van der Waals surface area contributed by atoms with Crippen LogP contribution in [0.25, 0.3) is 0 Å². The Balaban J connectivity index is 2.28. The smallest absolute Gasteiger partial charge is 0.170 e. The van der Waals surface area contributed by atoms with Crippen molar-refractivity contribution in [2.75, 3.05) is 0 Å². The van der Waals surface area contributed by atoms with Crippen LogP contribution in [-0.2, 0) is 4.79 Å². The number of hydrogen-bond acceptors (Lipinski definition) is 3. The van der Waals surface area contributed by atoms with Crippen molar-refractivity contribution in [3.63, 3.8) is 0 Å². The minimum absolute atomic E-state index is 0.0230. The molecule has 3 nitrogen and oxygen atoms in total. The van der Waals surface area contributed by atoms with E-state index in [-0.39, 0.29) is 11.2 Å². The lowest BCUT2D eigenvalue weighted by Gasteiger charge is -2.43. The van der Waals surface area contributed by atoms with Gasteiger partial charge in [0.1, 0.15) is 5.60 Å². The van der Waals surface area contributed by atoms with E-state index in [4.69, 9.17) is 0 Å². The quantitative estimate of drug-likeness (QED) is 0.693. The molecule has 3 rings (SSSR count). The van der Waals surface area contributed by atoms with Crippen LogP contribution in [0.5, 0.6) is 0 Å². The number of carbonyl (C=O) groups excluding carboxylic acids is 1. The number of ketones is 1. The Morgan fingerprint density at radius 2 is 1.44 bits per heavy atom. The summed E-state index contributed by atoms with van der Waals surface area (Å²) < 4.78 is 0. The van der Waals surface area contributed by atoms with Crippen LogP contribution in [0.1, 0.15) is 59.8 Å². The zero-order chi connectivity index (χ0) is 13.6. The molecule has 3 heteroatoms. The largest absolute Gasteiger partial charge is 0.390 e. The van der Waals surface area contributed by atoms with E-state index in [1.54, 1.807) is 6.92 Å². The van der Waals surface area contributed by atoms with Gasteiger partial charge in [-0.25, -0.2) is 0 Å². The Hall–Kier alpha value is -0.410. The first kappa shape index (κ1) is 12.6. The molecule has 0 spiro atoms. The minimum Gasteiger partial charge on any atom is -0.390 e. The fraction of sp³-hybridized carbons (Fsp3) is 0.933. The summed E-state index contributed by atoms with van der Waals surface area (Å²) >= 11 is 0. The van der Waals surface area contributed by atoms with Crippen molar-refractivity contribution in [3.8, 4) is 0 Å². The SMILES string of the molecule is CC1(C)C(=O)[C@](C)(O)C23CCCC12C[C@@](C)(O)C3. The van der Waals surface area contributed by atoms with E-state index < -0.39 is 22.0 Å².